The van der Waals surface area contributed by atoms with Crippen LogP contribution in [0.15, 0.2) is 18.2 Å². The monoisotopic (exact) mass is 314 g/mol. The fourth-order valence-electron chi connectivity index (χ4n) is 2.02. The zero-order valence-electron chi connectivity index (χ0n) is 11.6. The molecule has 3 N–H and O–H groups in total. The fourth-order valence-corrected chi connectivity index (χ4v) is 2.19. The second-order valence-electron chi connectivity index (χ2n) is 4.69. The first kappa shape index (κ1) is 15.9. The summed E-state index contributed by atoms with van der Waals surface area (Å²) in [5.74, 6) is 0.536. The summed E-state index contributed by atoms with van der Waals surface area (Å²) in [5.41, 5.74) is 0.482. The lowest BCUT2D eigenvalue weighted by Crippen LogP contribution is -2.31. The lowest BCUT2D eigenvalue weighted by atomic mass is 10.2. The summed E-state index contributed by atoms with van der Waals surface area (Å²) < 4.78 is 11.2. The van der Waals surface area contributed by atoms with Gasteiger partial charge in [0.1, 0.15) is 12.4 Å². The van der Waals surface area contributed by atoms with Gasteiger partial charge in [0.15, 0.2) is 0 Å². The van der Waals surface area contributed by atoms with Gasteiger partial charge in [0.2, 0.25) is 0 Å². The number of benzene rings is 1. The van der Waals surface area contributed by atoms with E-state index >= 15 is 0 Å². The van der Waals surface area contributed by atoms with Crippen LogP contribution in [0.1, 0.15) is 12.8 Å². The van der Waals surface area contributed by atoms with E-state index in [4.69, 9.17) is 26.2 Å². The molecule has 1 fully saturated rings. The number of amides is 2. The van der Waals surface area contributed by atoms with Crippen LogP contribution in [-0.4, -0.2) is 43.6 Å². The Morgan fingerprint density at radius 3 is 3.10 bits per heavy atom. The smallest absolute Gasteiger partial charge is 0.319 e. The summed E-state index contributed by atoms with van der Waals surface area (Å²) in [6.07, 6.45) is 2.12. The number of aliphatic hydroxyl groups excluding tert-OH is 1. The van der Waals surface area contributed by atoms with Gasteiger partial charge in [-0.2, -0.15) is 0 Å². The Morgan fingerprint density at radius 1 is 1.52 bits per heavy atom. The molecule has 0 bridgehead atoms. The highest BCUT2D eigenvalue weighted by atomic mass is 35.5. The van der Waals surface area contributed by atoms with E-state index in [0.29, 0.717) is 23.1 Å². The van der Waals surface area contributed by atoms with E-state index in [1.807, 2.05) is 0 Å². The van der Waals surface area contributed by atoms with Gasteiger partial charge in [-0.05, 0) is 31.0 Å². The number of rotatable bonds is 6. The minimum Gasteiger partial charge on any atom is -0.489 e. The van der Waals surface area contributed by atoms with Gasteiger partial charge in [-0.3, -0.25) is 0 Å². The highest BCUT2D eigenvalue weighted by molar-refractivity contribution is 6.31. The summed E-state index contributed by atoms with van der Waals surface area (Å²) in [5, 5.41) is 14.3. The number of hydrogen-bond acceptors (Lipinski definition) is 4. The van der Waals surface area contributed by atoms with Crippen molar-refractivity contribution in [1.29, 1.82) is 0 Å². The number of halogens is 1. The Hall–Kier alpha value is -1.50. The van der Waals surface area contributed by atoms with Gasteiger partial charge in [-0.15, -0.1) is 0 Å². The number of nitrogens with one attached hydrogen (secondary N) is 2. The van der Waals surface area contributed by atoms with Crippen molar-refractivity contribution < 1.29 is 19.4 Å². The van der Waals surface area contributed by atoms with Crippen molar-refractivity contribution in [3.8, 4) is 5.75 Å². The highest BCUT2D eigenvalue weighted by Gasteiger charge is 2.17. The van der Waals surface area contributed by atoms with Crippen molar-refractivity contribution in [2.45, 2.75) is 18.9 Å². The SMILES string of the molecule is O=C(NCCO)Nc1cc(Cl)ccc1OCC1CCCO1. The van der Waals surface area contributed by atoms with Crippen molar-refractivity contribution in [2.24, 2.45) is 0 Å². The van der Waals surface area contributed by atoms with E-state index in [9.17, 15) is 4.79 Å². The second-order valence-corrected chi connectivity index (χ2v) is 5.13. The third-order valence-corrected chi connectivity index (χ3v) is 3.27. The average Bonchev–Trinajstić information content (AvgIpc) is 2.97. The number of anilines is 1. The lowest BCUT2D eigenvalue weighted by Gasteiger charge is -2.15. The fraction of sp³-hybridized carbons (Fsp3) is 0.500. The quantitative estimate of drug-likeness (QED) is 0.750. The summed E-state index contributed by atoms with van der Waals surface area (Å²) >= 11 is 5.94. The summed E-state index contributed by atoms with van der Waals surface area (Å²) in [7, 11) is 0. The van der Waals surface area contributed by atoms with Crippen molar-refractivity contribution in [1.82, 2.24) is 5.32 Å². The van der Waals surface area contributed by atoms with E-state index in [1.54, 1.807) is 18.2 Å². The molecular formula is C14H19ClN2O4. The van der Waals surface area contributed by atoms with Crippen LogP contribution < -0.4 is 15.4 Å². The summed E-state index contributed by atoms with van der Waals surface area (Å²) in [6, 6.07) is 4.60. The largest absolute Gasteiger partial charge is 0.489 e. The molecule has 1 aromatic rings. The molecule has 2 rings (SSSR count). The molecule has 1 aromatic carbocycles. The maximum atomic E-state index is 11.6. The van der Waals surface area contributed by atoms with E-state index in [2.05, 4.69) is 10.6 Å². The number of aliphatic hydroxyl groups is 1. The molecule has 2 amide bonds. The van der Waals surface area contributed by atoms with Crippen LogP contribution in [0.5, 0.6) is 5.75 Å². The lowest BCUT2D eigenvalue weighted by molar-refractivity contribution is 0.0682. The Morgan fingerprint density at radius 2 is 2.38 bits per heavy atom. The Labute approximate surface area is 128 Å². The molecule has 0 saturated carbocycles. The van der Waals surface area contributed by atoms with Crippen molar-refractivity contribution >= 4 is 23.3 Å². The predicted octanol–water partition coefficient (Wildman–Crippen LogP) is 2.01. The van der Waals surface area contributed by atoms with Gasteiger partial charge in [0, 0.05) is 18.2 Å². The molecular weight excluding hydrogens is 296 g/mol. The number of carbonyl (C=O) groups is 1. The van der Waals surface area contributed by atoms with E-state index in [1.165, 1.54) is 0 Å². The average molecular weight is 315 g/mol. The molecule has 1 unspecified atom stereocenters. The molecule has 1 saturated heterocycles. The van der Waals surface area contributed by atoms with Crippen LogP contribution in [0.2, 0.25) is 5.02 Å². The van der Waals surface area contributed by atoms with Gasteiger partial charge < -0.3 is 25.2 Å². The molecule has 0 radical (unpaired) electrons. The molecule has 6 nitrogen and oxygen atoms in total. The van der Waals surface area contributed by atoms with Crippen LogP contribution in [0.4, 0.5) is 10.5 Å². The molecule has 1 atom stereocenters. The first-order chi connectivity index (χ1) is 10.2. The minimum atomic E-state index is -0.423. The summed E-state index contributed by atoms with van der Waals surface area (Å²) in [4.78, 5) is 11.6. The van der Waals surface area contributed by atoms with Gasteiger partial charge in [-0.1, -0.05) is 11.6 Å². The third kappa shape index (κ3) is 5.08. The first-order valence-corrected chi connectivity index (χ1v) is 7.26. The van der Waals surface area contributed by atoms with Gasteiger partial charge >= 0.3 is 6.03 Å². The molecule has 21 heavy (non-hydrogen) atoms. The first-order valence-electron chi connectivity index (χ1n) is 6.88. The van der Waals surface area contributed by atoms with Crippen LogP contribution in [-0.2, 0) is 4.74 Å². The van der Waals surface area contributed by atoms with Crippen LogP contribution >= 0.6 is 11.6 Å². The molecule has 0 aliphatic carbocycles. The van der Waals surface area contributed by atoms with Crippen LogP contribution in [0.25, 0.3) is 0 Å². The maximum absolute atomic E-state index is 11.6. The minimum absolute atomic E-state index is 0.0942. The predicted molar refractivity (Wildman–Crippen MR) is 80.0 cm³/mol. The Balaban J connectivity index is 1.97. The molecule has 1 heterocycles. The number of hydrogen-bond donors (Lipinski definition) is 3. The highest BCUT2D eigenvalue weighted by Crippen LogP contribution is 2.28. The zero-order chi connectivity index (χ0) is 15.1. The Bertz CT molecular complexity index is 478. The molecule has 1 aliphatic rings. The molecule has 0 spiro atoms. The Kier molecular flexibility index (Phi) is 6.10. The van der Waals surface area contributed by atoms with Crippen LogP contribution in [0, 0.1) is 0 Å². The normalized spacial score (nSPS) is 17.5. The summed E-state index contributed by atoms with van der Waals surface area (Å²) in [6.45, 7) is 1.27. The standard InChI is InChI=1S/C14H19ClN2O4/c15-10-3-4-13(21-9-11-2-1-7-20-11)12(8-10)17-14(19)16-5-6-18/h3-4,8,11,18H,1-2,5-7,9H2,(H2,16,17,19). The maximum Gasteiger partial charge on any atom is 0.319 e. The molecule has 0 aromatic heterocycles. The topological polar surface area (TPSA) is 79.8 Å². The molecule has 1 aliphatic heterocycles. The molecule has 116 valence electrons. The van der Waals surface area contributed by atoms with Crippen molar-refractivity contribution in [2.75, 3.05) is 31.7 Å². The van der Waals surface area contributed by atoms with E-state index in [-0.39, 0.29) is 19.3 Å². The third-order valence-electron chi connectivity index (χ3n) is 3.04. The van der Waals surface area contributed by atoms with Gasteiger partial charge in [0.25, 0.3) is 0 Å². The zero-order valence-corrected chi connectivity index (χ0v) is 12.4. The van der Waals surface area contributed by atoms with E-state index < -0.39 is 6.03 Å². The van der Waals surface area contributed by atoms with Gasteiger partial charge in [-0.25, -0.2) is 4.79 Å². The number of urea groups is 1. The second kappa shape index (κ2) is 8.07. The number of carbonyl (C=O) groups excluding carboxylic acids is 1. The van der Waals surface area contributed by atoms with E-state index in [0.717, 1.165) is 19.4 Å². The van der Waals surface area contributed by atoms with Crippen molar-refractivity contribution in [3.05, 3.63) is 23.2 Å². The number of ether oxygens (including phenoxy) is 2. The van der Waals surface area contributed by atoms with Crippen LogP contribution in [0.3, 0.4) is 0 Å². The molecule has 7 heteroatoms. The van der Waals surface area contributed by atoms with Crippen molar-refractivity contribution in [3.63, 3.8) is 0 Å². The van der Waals surface area contributed by atoms with Gasteiger partial charge in [0.05, 0.1) is 18.4 Å².